The zero-order valence-electron chi connectivity index (χ0n) is 10.9. The number of fused-ring (bicyclic) bond motifs is 1. The van der Waals surface area contributed by atoms with Gasteiger partial charge in [0.2, 0.25) is 15.0 Å². The molecule has 0 aliphatic rings. The first-order chi connectivity index (χ1) is 9.94. The van der Waals surface area contributed by atoms with Crippen molar-refractivity contribution in [3.05, 3.63) is 52.5 Å². The summed E-state index contributed by atoms with van der Waals surface area (Å²) in [6.45, 7) is 0. The van der Waals surface area contributed by atoms with E-state index in [1.165, 1.54) is 0 Å². The van der Waals surface area contributed by atoms with Gasteiger partial charge in [-0.15, -0.1) is 0 Å². The molecule has 0 radical (unpaired) electrons. The van der Waals surface area contributed by atoms with Crippen molar-refractivity contribution in [2.24, 2.45) is 0 Å². The highest BCUT2D eigenvalue weighted by Crippen LogP contribution is 2.20. The molecule has 1 heterocycles. The minimum absolute atomic E-state index is 0.0361. The van der Waals surface area contributed by atoms with Gasteiger partial charge in [-0.05, 0) is 35.9 Å². The Balaban J connectivity index is 1.97. The number of sulfone groups is 1. The second-order valence-electron chi connectivity index (χ2n) is 4.70. The molecule has 1 aromatic heterocycles. The lowest BCUT2D eigenvalue weighted by Crippen LogP contribution is -2.06. The summed E-state index contributed by atoms with van der Waals surface area (Å²) in [5.74, 6) is -0.102. The highest BCUT2D eigenvalue weighted by molar-refractivity contribution is 9.10. The van der Waals surface area contributed by atoms with E-state index in [1.54, 1.807) is 30.3 Å². The number of halogens is 1. The van der Waals surface area contributed by atoms with Crippen molar-refractivity contribution in [3.63, 3.8) is 0 Å². The molecule has 0 unspecified atom stereocenters. The van der Waals surface area contributed by atoms with E-state index < -0.39 is 9.84 Å². The standard InChI is InChI=1S/C14H12BrN3O2S/c15-10-3-1-9(2-4-10)8-21(19,20)14-17-12-6-5-11(16)7-13(12)18-14/h1-7H,8,16H2,(H,17,18). The molecule has 7 heteroatoms. The summed E-state index contributed by atoms with van der Waals surface area (Å²) >= 11 is 3.32. The number of anilines is 1. The minimum atomic E-state index is -3.52. The number of nitrogens with one attached hydrogen (secondary N) is 1. The number of nitrogens with two attached hydrogens (primary N) is 1. The predicted octanol–water partition coefficient (Wildman–Crippen LogP) is 2.88. The van der Waals surface area contributed by atoms with E-state index in [1.807, 2.05) is 12.1 Å². The largest absolute Gasteiger partial charge is 0.399 e. The lowest BCUT2D eigenvalue weighted by atomic mass is 10.2. The molecule has 108 valence electrons. The van der Waals surface area contributed by atoms with Crippen molar-refractivity contribution >= 4 is 42.5 Å². The lowest BCUT2D eigenvalue weighted by Gasteiger charge is -2.01. The Morgan fingerprint density at radius 3 is 2.57 bits per heavy atom. The number of aromatic nitrogens is 2. The molecule has 3 N–H and O–H groups in total. The number of benzene rings is 2. The van der Waals surface area contributed by atoms with E-state index in [0.717, 1.165) is 4.47 Å². The van der Waals surface area contributed by atoms with Gasteiger partial charge < -0.3 is 10.7 Å². The van der Waals surface area contributed by atoms with E-state index in [4.69, 9.17) is 5.73 Å². The summed E-state index contributed by atoms with van der Waals surface area (Å²) in [5, 5.41) is -0.0361. The van der Waals surface area contributed by atoms with Crippen molar-refractivity contribution in [2.45, 2.75) is 10.9 Å². The molecule has 21 heavy (non-hydrogen) atoms. The van der Waals surface area contributed by atoms with E-state index in [9.17, 15) is 8.42 Å². The van der Waals surface area contributed by atoms with E-state index >= 15 is 0 Å². The molecule has 0 bridgehead atoms. The highest BCUT2D eigenvalue weighted by Gasteiger charge is 2.20. The first-order valence-electron chi connectivity index (χ1n) is 6.16. The third-order valence-corrected chi connectivity index (χ3v) is 5.07. The molecule has 0 atom stereocenters. The molecule has 3 aromatic rings. The molecule has 0 aliphatic carbocycles. The number of H-pyrrole nitrogens is 1. The molecule has 0 aliphatic heterocycles. The maximum atomic E-state index is 12.4. The third-order valence-electron chi connectivity index (χ3n) is 3.05. The summed E-state index contributed by atoms with van der Waals surface area (Å²) in [5.41, 5.74) is 8.14. The van der Waals surface area contributed by atoms with Crippen LogP contribution in [0.5, 0.6) is 0 Å². The van der Waals surface area contributed by atoms with Gasteiger partial charge in [0.25, 0.3) is 0 Å². The van der Waals surface area contributed by atoms with Crippen molar-refractivity contribution in [1.29, 1.82) is 0 Å². The van der Waals surface area contributed by atoms with E-state index in [2.05, 4.69) is 25.9 Å². The van der Waals surface area contributed by atoms with Gasteiger partial charge in [-0.25, -0.2) is 13.4 Å². The molecule has 0 fully saturated rings. The molecular weight excluding hydrogens is 354 g/mol. The maximum absolute atomic E-state index is 12.4. The Morgan fingerprint density at radius 2 is 1.86 bits per heavy atom. The number of imidazole rings is 1. The first kappa shape index (κ1) is 14.1. The Morgan fingerprint density at radius 1 is 1.14 bits per heavy atom. The topological polar surface area (TPSA) is 88.8 Å². The maximum Gasteiger partial charge on any atom is 0.226 e. The highest BCUT2D eigenvalue weighted by atomic mass is 79.9. The molecule has 0 spiro atoms. The van der Waals surface area contributed by atoms with Crippen molar-refractivity contribution in [2.75, 3.05) is 5.73 Å². The van der Waals surface area contributed by atoms with Gasteiger partial charge in [-0.2, -0.15) is 0 Å². The predicted molar refractivity (Wildman–Crippen MR) is 85.5 cm³/mol. The summed E-state index contributed by atoms with van der Waals surface area (Å²) in [4.78, 5) is 6.95. The monoisotopic (exact) mass is 365 g/mol. The van der Waals surface area contributed by atoms with E-state index in [0.29, 0.717) is 22.3 Å². The fourth-order valence-electron chi connectivity index (χ4n) is 2.02. The minimum Gasteiger partial charge on any atom is -0.399 e. The molecular formula is C14H12BrN3O2S. The third kappa shape index (κ3) is 2.93. The first-order valence-corrected chi connectivity index (χ1v) is 8.61. The number of hydrogen-bond donors (Lipinski definition) is 2. The number of aromatic amines is 1. The summed E-state index contributed by atoms with van der Waals surface area (Å²) in [6, 6.07) is 12.2. The van der Waals surface area contributed by atoms with Crippen LogP contribution in [-0.2, 0) is 15.6 Å². The zero-order chi connectivity index (χ0) is 15.0. The molecule has 0 saturated carbocycles. The zero-order valence-corrected chi connectivity index (χ0v) is 13.3. The van der Waals surface area contributed by atoms with E-state index in [-0.39, 0.29) is 10.9 Å². The van der Waals surface area contributed by atoms with Crippen LogP contribution in [0.1, 0.15) is 5.56 Å². The van der Waals surface area contributed by atoms with Crippen molar-refractivity contribution < 1.29 is 8.42 Å². The van der Waals surface area contributed by atoms with Crippen LogP contribution in [0.3, 0.4) is 0 Å². The average molecular weight is 366 g/mol. The second-order valence-corrected chi connectivity index (χ2v) is 7.52. The van der Waals surface area contributed by atoms with Crippen molar-refractivity contribution in [3.8, 4) is 0 Å². The number of rotatable bonds is 3. The van der Waals surface area contributed by atoms with Crippen LogP contribution in [0.2, 0.25) is 0 Å². The number of nitrogens with zero attached hydrogens (tertiary/aromatic N) is 1. The summed E-state index contributed by atoms with van der Waals surface area (Å²) in [6.07, 6.45) is 0. The molecule has 3 rings (SSSR count). The number of nitrogen functional groups attached to an aromatic ring is 1. The second kappa shape index (κ2) is 5.16. The van der Waals surface area contributed by atoms with Gasteiger partial charge >= 0.3 is 0 Å². The van der Waals surface area contributed by atoms with Crippen LogP contribution in [0.4, 0.5) is 5.69 Å². The molecule has 2 aromatic carbocycles. The Hall–Kier alpha value is -1.86. The molecule has 0 amide bonds. The average Bonchev–Trinajstić information content (AvgIpc) is 2.85. The van der Waals surface area contributed by atoms with Gasteiger partial charge in [0.05, 0.1) is 16.8 Å². The number of hydrogen-bond acceptors (Lipinski definition) is 4. The van der Waals surface area contributed by atoms with Crippen LogP contribution in [0.15, 0.2) is 52.1 Å². The molecule has 0 saturated heterocycles. The van der Waals surface area contributed by atoms with Crippen molar-refractivity contribution in [1.82, 2.24) is 9.97 Å². The van der Waals surface area contributed by atoms with Crippen LogP contribution in [0, 0.1) is 0 Å². The van der Waals surface area contributed by atoms with Gasteiger partial charge in [-0.1, -0.05) is 28.1 Å². The normalized spacial score (nSPS) is 11.9. The van der Waals surface area contributed by atoms with Gasteiger partial charge in [-0.3, -0.25) is 0 Å². The van der Waals surface area contributed by atoms with Gasteiger partial charge in [0.15, 0.2) is 0 Å². The Kier molecular flexibility index (Phi) is 3.46. The smallest absolute Gasteiger partial charge is 0.226 e. The SMILES string of the molecule is Nc1ccc2nc(S(=O)(=O)Cc3ccc(Br)cc3)[nH]c2c1. The fraction of sp³-hybridized carbons (Fsp3) is 0.0714. The quantitative estimate of drug-likeness (QED) is 0.698. The summed E-state index contributed by atoms with van der Waals surface area (Å²) in [7, 11) is -3.52. The fourth-order valence-corrected chi connectivity index (χ4v) is 3.55. The Labute approximate surface area is 130 Å². The van der Waals surface area contributed by atoms with Crippen LogP contribution >= 0.6 is 15.9 Å². The van der Waals surface area contributed by atoms with Crippen LogP contribution < -0.4 is 5.73 Å². The van der Waals surface area contributed by atoms with Gasteiger partial charge in [0, 0.05) is 10.2 Å². The van der Waals surface area contributed by atoms with Gasteiger partial charge in [0.1, 0.15) is 0 Å². The lowest BCUT2D eigenvalue weighted by molar-refractivity contribution is 0.588. The van der Waals surface area contributed by atoms with Crippen LogP contribution in [-0.4, -0.2) is 18.4 Å². The summed E-state index contributed by atoms with van der Waals surface area (Å²) < 4.78 is 25.7. The Bertz CT molecular complexity index is 902. The van der Waals surface area contributed by atoms with Crippen LogP contribution in [0.25, 0.3) is 11.0 Å². The molecule has 5 nitrogen and oxygen atoms in total.